The molecular weight excluding hydrogens is 551 g/mol. The summed E-state index contributed by atoms with van der Waals surface area (Å²) in [5.74, 6) is -0.832. The van der Waals surface area contributed by atoms with E-state index in [0.29, 0.717) is 12.0 Å². The third-order valence-electron chi connectivity index (χ3n) is 7.87. The molecule has 2 amide bonds. The van der Waals surface area contributed by atoms with Crippen molar-refractivity contribution in [2.24, 2.45) is 5.92 Å². The maximum Gasteiger partial charge on any atom is 0.416 e. The molecule has 0 radical (unpaired) electrons. The number of benzene rings is 4. The highest BCUT2D eigenvalue weighted by Crippen LogP contribution is 2.47. The Labute approximate surface area is 247 Å². The molecule has 0 fully saturated rings. The maximum atomic E-state index is 14.2. The summed E-state index contributed by atoms with van der Waals surface area (Å²) in [5, 5.41) is 3.61. The molecule has 2 N–H and O–H groups in total. The molecule has 1 aliphatic rings. The van der Waals surface area contributed by atoms with E-state index >= 15 is 0 Å². The van der Waals surface area contributed by atoms with Gasteiger partial charge in [0.1, 0.15) is 6.04 Å². The van der Waals surface area contributed by atoms with Crippen molar-refractivity contribution in [2.75, 3.05) is 5.32 Å². The summed E-state index contributed by atoms with van der Waals surface area (Å²) in [6.45, 7) is 3.91. The van der Waals surface area contributed by atoms with Crippen LogP contribution in [0, 0.1) is 5.92 Å². The van der Waals surface area contributed by atoms with Crippen molar-refractivity contribution in [3.05, 3.63) is 125 Å². The molecule has 8 heteroatoms. The number of anilines is 1. The number of carbonyl (C=O) groups is 2. The topological polar surface area (TPSA) is 65.2 Å². The number of fused-ring (bicyclic) bond motifs is 2. The van der Waals surface area contributed by atoms with E-state index in [9.17, 15) is 22.8 Å². The highest BCUT2D eigenvalue weighted by atomic mass is 19.4. The van der Waals surface area contributed by atoms with E-state index in [1.165, 1.54) is 12.1 Å². The molecule has 2 heterocycles. The number of nitrogens with zero attached hydrogens (tertiary/aromatic N) is 1. The van der Waals surface area contributed by atoms with Crippen molar-refractivity contribution in [2.45, 2.75) is 38.5 Å². The summed E-state index contributed by atoms with van der Waals surface area (Å²) < 4.78 is 40.3. The van der Waals surface area contributed by atoms with Gasteiger partial charge in [0.25, 0.3) is 5.91 Å². The number of hydrogen-bond donors (Lipinski definition) is 2. The molecule has 1 aliphatic heterocycles. The number of rotatable bonds is 7. The van der Waals surface area contributed by atoms with Gasteiger partial charge in [-0.05, 0) is 53.8 Å². The lowest BCUT2D eigenvalue weighted by Gasteiger charge is -2.34. The van der Waals surface area contributed by atoms with Crippen LogP contribution < -0.4 is 5.32 Å². The number of aromatic nitrogens is 1. The minimum Gasteiger partial charge on any atom is -0.354 e. The molecule has 0 aliphatic carbocycles. The average Bonchev–Trinajstić information content (AvgIpc) is 3.51. The zero-order chi connectivity index (χ0) is 30.3. The lowest BCUT2D eigenvalue weighted by atomic mass is 9.91. The first-order valence-electron chi connectivity index (χ1n) is 14.2. The molecule has 43 heavy (non-hydrogen) atoms. The Hall–Kier alpha value is -4.85. The number of amides is 2. The van der Waals surface area contributed by atoms with Crippen LogP contribution in [0.15, 0.2) is 103 Å². The molecule has 4 aromatic carbocycles. The van der Waals surface area contributed by atoms with Crippen molar-refractivity contribution in [1.29, 1.82) is 0 Å². The van der Waals surface area contributed by atoms with Gasteiger partial charge in [0.15, 0.2) is 0 Å². The summed E-state index contributed by atoms with van der Waals surface area (Å²) >= 11 is 0. The summed E-state index contributed by atoms with van der Waals surface area (Å²) in [5.41, 5.74) is 3.95. The quantitative estimate of drug-likeness (QED) is 0.203. The first-order valence-corrected chi connectivity index (χ1v) is 14.2. The number of aromatic amines is 1. The Bertz CT molecular complexity index is 1810. The average molecular weight is 582 g/mol. The van der Waals surface area contributed by atoms with Gasteiger partial charge in [-0.1, -0.05) is 86.6 Å². The van der Waals surface area contributed by atoms with Gasteiger partial charge in [-0.3, -0.25) is 9.59 Å². The SMILES string of the molecule is CC(C)CC(C(=O)Nc1cccc(C(F)(F)F)c1)N1C(=O)c2ccccc2C1c1c(-c2ccccc2)[nH]c2ccccc12. The van der Waals surface area contributed by atoms with Gasteiger partial charge in [-0.2, -0.15) is 13.2 Å². The van der Waals surface area contributed by atoms with Gasteiger partial charge in [0.2, 0.25) is 5.91 Å². The van der Waals surface area contributed by atoms with Gasteiger partial charge >= 0.3 is 6.18 Å². The van der Waals surface area contributed by atoms with Crippen LogP contribution in [0.1, 0.15) is 53.4 Å². The predicted molar refractivity (Wildman–Crippen MR) is 162 cm³/mol. The lowest BCUT2D eigenvalue weighted by Crippen LogP contribution is -2.47. The van der Waals surface area contributed by atoms with Gasteiger partial charge in [-0.25, -0.2) is 0 Å². The van der Waals surface area contributed by atoms with Crippen LogP contribution in [0.3, 0.4) is 0 Å². The van der Waals surface area contributed by atoms with E-state index in [0.717, 1.165) is 45.4 Å². The smallest absolute Gasteiger partial charge is 0.354 e. The molecule has 0 saturated heterocycles. The minimum absolute atomic E-state index is 0.00554. The van der Waals surface area contributed by atoms with Crippen LogP contribution in [0.5, 0.6) is 0 Å². The van der Waals surface area contributed by atoms with E-state index in [1.807, 2.05) is 80.6 Å². The van der Waals surface area contributed by atoms with Gasteiger partial charge in [-0.15, -0.1) is 0 Å². The predicted octanol–water partition coefficient (Wildman–Crippen LogP) is 8.45. The van der Waals surface area contributed by atoms with Crippen LogP contribution in [-0.2, 0) is 11.0 Å². The Kier molecular flexibility index (Phi) is 7.30. The first-order chi connectivity index (χ1) is 20.6. The van der Waals surface area contributed by atoms with E-state index in [-0.39, 0.29) is 17.5 Å². The van der Waals surface area contributed by atoms with Crippen LogP contribution in [-0.4, -0.2) is 27.7 Å². The fraction of sp³-hybridized carbons (Fsp3) is 0.200. The van der Waals surface area contributed by atoms with Crippen molar-refractivity contribution < 1.29 is 22.8 Å². The number of hydrogen-bond acceptors (Lipinski definition) is 2. The van der Waals surface area contributed by atoms with Crippen molar-refractivity contribution in [1.82, 2.24) is 9.88 Å². The summed E-state index contributed by atoms with van der Waals surface area (Å²) in [6.07, 6.45) is -4.25. The second-order valence-electron chi connectivity index (χ2n) is 11.2. The molecule has 0 saturated carbocycles. The first kappa shape index (κ1) is 28.3. The van der Waals surface area contributed by atoms with Crippen LogP contribution in [0.2, 0.25) is 0 Å². The molecule has 0 spiro atoms. The third kappa shape index (κ3) is 5.29. The number of para-hydroxylation sites is 1. The Morgan fingerprint density at radius 2 is 1.60 bits per heavy atom. The Morgan fingerprint density at radius 1 is 0.907 bits per heavy atom. The van der Waals surface area contributed by atoms with E-state index in [4.69, 9.17) is 0 Å². The number of halogens is 3. The third-order valence-corrected chi connectivity index (χ3v) is 7.87. The Balaban J connectivity index is 1.51. The molecule has 5 nitrogen and oxygen atoms in total. The maximum absolute atomic E-state index is 14.2. The van der Waals surface area contributed by atoms with Crippen LogP contribution in [0.4, 0.5) is 18.9 Å². The van der Waals surface area contributed by atoms with Crippen molar-refractivity contribution >= 4 is 28.4 Å². The summed E-state index contributed by atoms with van der Waals surface area (Å²) in [4.78, 5) is 33.4. The number of H-pyrrole nitrogens is 1. The fourth-order valence-corrected chi connectivity index (χ4v) is 6.02. The molecule has 218 valence electrons. The molecule has 0 bridgehead atoms. The van der Waals surface area contributed by atoms with Crippen LogP contribution >= 0.6 is 0 Å². The standard InChI is InChI=1S/C35H30F3N3O2/c1-21(2)19-29(33(42)39-24-14-10-13-23(20-24)35(36,37)38)41-32(25-15-6-7-16-26(25)34(41)43)30-27-17-8-9-18-28(27)40-31(30)22-11-4-3-5-12-22/h3-18,20-21,29,32,40H,19H2,1-2H3,(H,39,42). The molecule has 5 aromatic rings. The Morgan fingerprint density at radius 3 is 2.35 bits per heavy atom. The lowest BCUT2D eigenvalue weighted by molar-refractivity contribution is -0.137. The summed E-state index contributed by atoms with van der Waals surface area (Å²) in [6, 6.07) is 28.0. The molecule has 1 aromatic heterocycles. The summed E-state index contributed by atoms with van der Waals surface area (Å²) in [7, 11) is 0. The second kappa shape index (κ2) is 11.1. The van der Waals surface area contributed by atoms with Gasteiger partial charge in [0.05, 0.1) is 17.3 Å². The normalized spacial score (nSPS) is 15.6. The highest BCUT2D eigenvalue weighted by molar-refractivity contribution is 6.06. The molecule has 2 atom stereocenters. The zero-order valence-electron chi connectivity index (χ0n) is 23.7. The van der Waals surface area contributed by atoms with E-state index < -0.39 is 29.7 Å². The largest absolute Gasteiger partial charge is 0.416 e. The number of alkyl halides is 3. The monoisotopic (exact) mass is 581 g/mol. The van der Waals surface area contributed by atoms with Crippen LogP contribution in [0.25, 0.3) is 22.2 Å². The second-order valence-corrected chi connectivity index (χ2v) is 11.2. The highest BCUT2D eigenvalue weighted by Gasteiger charge is 2.46. The molecule has 6 rings (SSSR count). The number of carbonyl (C=O) groups excluding carboxylic acids is 2. The zero-order valence-corrected chi connectivity index (χ0v) is 23.7. The van der Waals surface area contributed by atoms with Crippen molar-refractivity contribution in [3.63, 3.8) is 0 Å². The molecule has 2 unspecified atom stereocenters. The minimum atomic E-state index is -4.56. The van der Waals surface area contributed by atoms with Gasteiger partial charge < -0.3 is 15.2 Å². The van der Waals surface area contributed by atoms with Crippen molar-refractivity contribution in [3.8, 4) is 11.3 Å². The fourth-order valence-electron chi connectivity index (χ4n) is 6.02. The number of nitrogens with one attached hydrogen (secondary N) is 2. The molecular formula is C35H30F3N3O2. The van der Waals surface area contributed by atoms with Gasteiger partial charge in [0, 0.05) is 27.7 Å². The van der Waals surface area contributed by atoms with E-state index in [2.05, 4.69) is 10.3 Å². The van der Waals surface area contributed by atoms with E-state index in [1.54, 1.807) is 17.0 Å².